The number of amides is 2. The molecule has 2 saturated carbocycles. The van der Waals surface area contributed by atoms with E-state index in [1.165, 1.54) is 63.5 Å². The minimum absolute atomic E-state index is 0.106. The average molecular weight is 737 g/mol. The molecular weight excluding hydrogens is 687 g/mol. The van der Waals surface area contributed by atoms with Gasteiger partial charge in [-0.15, -0.1) is 0 Å². The van der Waals surface area contributed by atoms with Gasteiger partial charge in [0.15, 0.2) is 0 Å². The molecule has 2 amide bonds. The summed E-state index contributed by atoms with van der Waals surface area (Å²) in [6.45, 7) is 7.81. The van der Waals surface area contributed by atoms with E-state index < -0.39 is 0 Å². The zero-order valence-corrected chi connectivity index (χ0v) is 31.2. The van der Waals surface area contributed by atoms with Gasteiger partial charge in [0.1, 0.15) is 5.82 Å². The van der Waals surface area contributed by atoms with Crippen molar-refractivity contribution in [2.45, 2.75) is 70.0 Å². The van der Waals surface area contributed by atoms with Crippen molar-refractivity contribution in [1.82, 2.24) is 29.2 Å². The van der Waals surface area contributed by atoms with Gasteiger partial charge in [-0.25, -0.2) is 4.39 Å². The number of fused-ring (bicyclic) bond motifs is 2. The molecule has 2 aromatic heterocycles. The largest absolute Gasteiger partial charge is 0.361 e. The molecule has 4 aliphatic rings. The second-order valence-corrected chi connectivity index (χ2v) is 15.6. The van der Waals surface area contributed by atoms with Crippen LogP contribution in [0.25, 0.3) is 21.8 Å². The molecule has 2 aliphatic carbocycles. The minimum atomic E-state index is -0.341. The molecule has 4 heterocycles. The highest BCUT2D eigenvalue weighted by Crippen LogP contribution is 2.28. The number of aromatic nitrogens is 2. The van der Waals surface area contributed by atoms with E-state index in [0.717, 1.165) is 96.9 Å². The van der Waals surface area contributed by atoms with Crippen LogP contribution < -0.4 is 0 Å². The zero-order valence-electron chi connectivity index (χ0n) is 30.5. The molecule has 3 aromatic carbocycles. The number of benzene rings is 3. The Morgan fingerprint density at radius 2 is 1.25 bits per heavy atom. The van der Waals surface area contributed by atoms with Crippen molar-refractivity contribution in [3.63, 3.8) is 0 Å². The Kier molecular flexibility index (Phi) is 10.8. The van der Waals surface area contributed by atoms with Crippen LogP contribution in [0, 0.1) is 5.82 Å². The van der Waals surface area contributed by atoms with Gasteiger partial charge in [0, 0.05) is 121 Å². The molecule has 0 radical (unpaired) electrons. The third-order valence-corrected chi connectivity index (χ3v) is 12.5. The van der Waals surface area contributed by atoms with Gasteiger partial charge in [-0.1, -0.05) is 55.5 Å². The normalized spacial score (nSPS) is 19.3. The van der Waals surface area contributed by atoms with Crippen molar-refractivity contribution < 1.29 is 14.0 Å². The molecule has 9 rings (SSSR count). The minimum Gasteiger partial charge on any atom is -0.361 e. The first-order valence-corrected chi connectivity index (χ1v) is 20.0. The molecule has 4 fully saturated rings. The van der Waals surface area contributed by atoms with Crippen LogP contribution in [0.1, 0.15) is 77.6 Å². The topological polar surface area (TPSA) is 67.8 Å². The van der Waals surface area contributed by atoms with E-state index in [0.29, 0.717) is 17.6 Å². The molecular formula is C43H50ClFN6O2. The van der Waals surface area contributed by atoms with Crippen molar-refractivity contribution in [2.75, 3.05) is 52.4 Å². The van der Waals surface area contributed by atoms with Gasteiger partial charge in [-0.05, 0) is 79.8 Å². The Labute approximate surface area is 316 Å². The summed E-state index contributed by atoms with van der Waals surface area (Å²) >= 11 is 6.22. The summed E-state index contributed by atoms with van der Waals surface area (Å²) in [5.41, 5.74) is 4.44. The first kappa shape index (κ1) is 35.8. The molecule has 0 bridgehead atoms. The Morgan fingerprint density at radius 1 is 0.679 bits per heavy atom. The first-order chi connectivity index (χ1) is 25.9. The van der Waals surface area contributed by atoms with Crippen LogP contribution in [0.4, 0.5) is 4.39 Å². The second-order valence-electron chi connectivity index (χ2n) is 15.2. The second kappa shape index (κ2) is 16.0. The fourth-order valence-electron chi connectivity index (χ4n) is 9.11. The molecule has 0 atom stereocenters. The Morgan fingerprint density at radius 3 is 1.83 bits per heavy atom. The number of nitrogens with one attached hydrogen (secondary N) is 1. The number of carbonyl (C=O) groups is 2. The van der Waals surface area contributed by atoms with E-state index in [1.54, 1.807) is 6.07 Å². The third kappa shape index (κ3) is 7.75. The summed E-state index contributed by atoms with van der Waals surface area (Å²) in [6, 6.07) is 21.7. The van der Waals surface area contributed by atoms with Crippen LogP contribution in [0.3, 0.4) is 0 Å². The number of rotatable bonds is 6. The smallest absolute Gasteiger partial charge is 0.254 e. The summed E-state index contributed by atoms with van der Waals surface area (Å²) in [4.78, 5) is 38.5. The standard InChI is InChI=1S/C25H27ClFN3O.C18H23N3O/c26-23-16-19(27)9-8-18(23)17-30-11-10-21-22(6-3-7-24(21)30)25(31)29-14-12-28(13-15-29)20-4-1-2-5-20;22-18(16-6-3-7-17-15(16)8-9-19-17)21-12-10-20(11-13-21)14-4-1-2-5-14/h3,6-11,16,20H,1-2,4-5,12-15,17H2;3,6-9,14,19H,1-2,4-5,10-13H2. The van der Waals surface area contributed by atoms with Crippen molar-refractivity contribution >= 4 is 45.2 Å². The van der Waals surface area contributed by atoms with Crippen LogP contribution in [0.5, 0.6) is 0 Å². The summed E-state index contributed by atoms with van der Waals surface area (Å²) < 4.78 is 15.4. The third-order valence-electron chi connectivity index (χ3n) is 12.1. The summed E-state index contributed by atoms with van der Waals surface area (Å²) in [6.07, 6.45) is 14.6. The van der Waals surface area contributed by atoms with Crippen LogP contribution in [0.15, 0.2) is 79.1 Å². The SMILES string of the molecule is O=C(c1cccc2[nH]ccc12)N1CCN(C2CCCC2)CC1.O=C(c1cccc2c1ccn2Cc1ccc(F)cc1Cl)N1CCN(C2CCCC2)CC1. The number of aromatic amines is 1. The van der Waals surface area contributed by atoms with Crippen molar-refractivity contribution in [3.8, 4) is 0 Å². The Bertz CT molecular complexity index is 2050. The number of piperazine rings is 2. The van der Waals surface area contributed by atoms with E-state index in [-0.39, 0.29) is 17.6 Å². The highest BCUT2D eigenvalue weighted by atomic mass is 35.5. The maximum absolute atomic E-state index is 13.4. The Balaban J connectivity index is 0.000000160. The lowest BCUT2D eigenvalue weighted by molar-refractivity contribution is 0.0570. The van der Waals surface area contributed by atoms with Gasteiger partial charge in [0.05, 0.1) is 0 Å². The molecule has 278 valence electrons. The van der Waals surface area contributed by atoms with Crippen LogP contribution in [0.2, 0.25) is 5.02 Å². The van der Waals surface area contributed by atoms with Crippen molar-refractivity contribution in [1.29, 1.82) is 0 Å². The predicted molar refractivity (Wildman–Crippen MR) is 210 cm³/mol. The number of hydrogen-bond acceptors (Lipinski definition) is 4. The quantitative estimate of drug-likeness (QED) is 0.192. The van der Waals surface area contributed by atoms with Gasteiger partial charge < -0.3 is 19.4 Å². The molecule has 2 aliphatic heterocycles. The molecule has 53 heavy (non-hydrogen) atoms. The molecule has 10 heteroatoms. The van der Waals surface area contributed by atoms with E-state index in [1.807, 2.05) is 70.7 Å². The monoisotopic (exact) mass is 736 g/mol. The molecule has 0 spiro atoms. The summed E-state index contributed by atoms with van der Waals surface area (Å²) in [5.74, 6) is -0.0578. The van der Waals surface area contributed by atoms with Crippen LogP contribution in [-0.4, -0.2) is 105 Å². The van der Waals surface area contributed by atoms with Crippen molar-refractivity contribution in [2.24, 2.45) is 0 Å². The fraction of sp³-hybridized carbons (Fsp3) is 0.442. The van der Waals surface area contributed by atoms with Crippen LogP contribution in [-0.2, 0) is 6.54 Å². The maximum Gasteiger partial charge on any atom is 0.254 e. The Hall–Kier alpha value is -4.18. The highest BCUT2D eigenvalue weighted by Gasteiger charge is 2.30. The lowest BCUT2D eigenvalue weighted by Crippen LogP contribution is -2.51. The molecule has 8 nitrogen and oxygen atoms in total. The van der Waals surface area contributed by atoms with Gasteiger partial charge in [0.2, 0.25) is 0 Å². The van der Waals surface area contributed by atoms with Crippen molar-refractivity contribution in [3.05, 3.63) is 107 Å². The number of hydrogen-bond donors (Lipinski definition) is 1. The average Bonchev–Trinajstić information content (AvgIpc) is 4.04. The van der Waals surface area contributed by atoms with Gasteiger partial charge >= 0.3 is 0 Å². The maximum atomic E-state index is 13.4. The fourth-order valence-corrected chi connectivity index (χ4v) is 9.34. The predicted octanol–water partition coefficient (Wildman–Crippen LogP) is 8.05. The summed E-state index contributed by atoms with van der Waals surface area (Å²) in [5, 5.41) is 2.39. The van der Waals surface area contributed by atoms with E-state index in [4.69, 9.17) is 11.6 Å². The number of halogens is 2. The number of nitrogens with zero attached hydrogens (tertiary/aromatic N) is 5. The van der Waals surface area contributed by atoms with Crippen LogP contribution >= 0.6 is 11.6 Å². The molecule has 2 saturated heterocycles. The van der Waals surface area contributed by atoms with E-state index in [2.05, 4.69) is 19.4 Å². The number of carbonyl (C=O) groups excluding carboxylic acids is 2. The lowest BCUT2D eigenvalue weighted by Gasteiger charge is -2.38. The first-order valence-electron chi connectivity index (χ1n) is 19.6. The van der Waals surface area contributed by atoms with E-state index in [9.17, 15) is 14.0 Å². The van der Waals surface area contributed by atoms with E-state index >= 15 is 0 Å². The zero-order chi connectivity index (χ0) is 36.3. The van der Waals surface area contributed by atoms with Gasteiger partial charge in [0.25, 0.3) is 11.8 Å². The summed E-state index contributed by atoms with van der Waals surface area (Å²) in [7, 11) is 0. The number of H-pyrrole nitrogens is 1. The molecule has 5 aromatic rings. The van der Waals surface area contributed by atoms with Gasteiger partial charge in [-0.3, -0.25) is 19.4 Å². The lowest BCUT2D eigenvalue weighted by atomic mass is 10.1. The molecule has 1 N–H and O–H groups in total. The molecule has 0 unspecified atom stereocenters. The highest BCUT2D eigenvalue weighted by molar-refractivity contribution is 6.31. The van der Waals surface area contributed by atoms with Gasteiger partial charge in [-0.2, -0.15) is 0 Å².